The summed E-state index contributed by atoms with van der Waals surface area (Å²) in [5.41, 5.74) is 3.17. The first-order valence-electron chi connectivity index (χ1n) is 14.3. The lowest BCUT2D eigenvalue weighted by atomic mass is 9.83. The number of pyridine rings is 1. The van der Waals surface area contributed by atoms with E-state index in [1.54, 1.807) is 18.3 Å². The van der Waals surface area contributed by atoms with Crippen LogP contribution in [0.2, 0.25) is 0 Å². The molecule has 210 valence electrons. The summed E-state index contributed by atoms with van der Waals surface area (Å²) in [4.78, 5) is 46.8. The Morgan fingerprint density at radius 1 is 1.05 bits per heavy atom. The van der Waals surface area contributed by atoms with Gasteiger partial charge in [-0.05, 0) is 74.1 Å². The molecule has 2 heterocycles. The summed E-state index contributed by atoms with van der Waals surface area (Å²) in [6, 6.07) is 11.2. The molecule has 2 aliphatic rings. The monoisotopic (exact) mass is 550 g/mol. The second-order valence-electron chi connectivity index (χ2n) is 11.3. The van der Waals surface area contributed by atoms with Crippen molar-refractivity contribution < 1.29 is 14.4 Å². The molecule has 1 aliphatic heterocycles. The number of hydrogen-bond acceptors (Lipinski definition) is 6. The molecular weight excluding hydrogens is 508 g/mol. The zero-order valence-electron chi connectivity index (χ0n) is 23.4. The van der Waals surface area contributed by atoms with Gasteiger partial charge in [0.1, 0.15) is 5.03 Å². The van der Waals surface area contributed by atoms with Crippen LogP contribution in [0.15, 0.2) is 47.6 Å². The van der Waals surface area contributed by atoms with Gasteiger partial charge in [-0.3, -0.25) is 19.3 Å². The lowest BCUT2D eigenvalue weighted by Gasteiger charge is -2.33. The highest BCUT2D eigenvalue weighted by Crippen LogP contribution is 2.27. The van der Waals surface area contributed by atoms with Gasteiger partial charge in [0.25, 0.3) is 5.91 Å². The van der Waals surface area contributed by atoms with Gasteiger partial charge in [0.05, 0.1) is 24.1 Å². The predicted molar refractivity (Wildman–Crippen MR) is 156 cm³/mol. The number of nitrogens with zero attached hydrogens (tertiary/aromatic N) is 2. The fourth-order valence-electron chi connectivity index (χ4n) is 5.85. The van der Waals surface area contributed by atoms with Gasteiger partial charge in [-0.25, -0.2) is 4.98 Å². The molecule has 1 aromatic carbocycles. The third-order valence-corrected chi connectivity index (χ3v) is 8.56. The van der Waals surface area contributed by atoms with Gasteiger partial charge in [-0.1, -0.05) is 51.0 Å². The first kappa shape index (κ1) is 29.3. The maximum Gasteiger partial charge on any atom is 0.254 e. The molecule has 3 atom stereocenters. The van der Waals surface area contributed by atoms with Crippen molar-refractivity contribution in [1.82, 2.24) is 20.5 Å². The molecule has 2 amide bonds. The normalized spacial score (nSPS) is 20.5. The molecule has 0 radical (unpaired) electrons. The number of carbonyl (C=O) groups is 3. The summed E-state index contributed by atoms with van der Waals surface area (Å²) in [5, 5.41) is 6.92. The second kappa shape index (κ2) is 14.1. The summed E-state index contributed by atoms with van der Waals surface area (Å²) in [7, 11) is 0. The van der Waals surface area contributed by atoms with Crippen LogP contribution in [-0.2, 0) is 22.6 Å². The highest BCUT2D eigenvalue weighted by molar-refractivity contribution is 7.98. The third-order valence-electron chi connectivity index (χ3n) is 7.85. The summed E-state index contributed by atoms with van der Waals surface area (Å²) < 4.78 is 0. The summed E-state index contributed by atoms with van der Waals surface area (Å²) in [5.74, 6) is -0.358. The first-order chi connectivity index (χ1) is 18.9. The van der Waals surface area contributed by atoms with Gasteiger partial charge in [0.15, 0.2) is 5.78 Å². The molecule has 0 spiro atoms. The minimum Gasteiger partial charge on any atom is -0.348 e. The molecule has 1 fully saturated rings. The second-order valence-corrected chi connectivity index (χ2v) is 12.1. The Kier molecular flexibility index (Phi) is 10.6. The molecule has 8 heteroatoms. The smallest absolute Gasteiger partial charge is 0.254 e. The van der Waals surface area contributed by atoms with Crippen LogP contribution in [0.4, 0.5) is 0 Å². The number of nitrogens with one attached hydrogen (secondary N) is 2. The van der Waals surface area contributed by atoms with E-state index in [4.69, 9.17) is 0 Å². The quantitative estimate of drug-likeness (QED) is 0.419. The van der Waals surface area contributed by atoms with Gasteiger partial charge in [-0.2, -0.15) is 0 Å². The Morgan fingerprint density at radius 3 is 2.59 bits per heavy atom. The molecule has 2 aromatic rings. The largest absolute Gasteiger partial charge is 0.348 e. The average Bonchev–Trinajstić information content (AvgIpc) is 3.14. The Morgan fingerprint density at radius 2 is 1.82 bits per heavy atom. The third kappa shape index (κ3) is 7.92. The highest BCUT2D eigenvalue weighted by atomic mass is 32.2. The average molecular weight is 551 g/mol. The van der Waals surface area contributed by atoms with E-state index in [2.05, 4.69) is 58.6 Å². The number of amides is 2. The number of fused-ring (bicyclic) bond motifs is 1. The number of Topliss-reactive ketones (excluding diaryl/α,β-unsaturated/α-hetero) is 1. The fraction of sp³-hybridized carbons (Fsp3) is 0.548. The van der Waals surface area contributed by atoms with Crippen molar-refractivity contribution in [2.45, 2.75) is 82.4 Å². The van der Waals surface area contributed by atoms with E-state index in [1.165, 1.54) is 22.9 Å². The number of thioether (sulfide) groups is 1. The Labute approximate surface area is 236 Å². The van der Waals surface area contributed by atoms with Crippen molar-refractivity contribution >= 4 is 29.4 Å². The number of aryl methyl sites for hydroxylation is 1. The van der Waals surface area contributed by atoms with Gasteiger partial charge in [-0.15, -0.1) is 11.8 Å². The molecule has 1 aliphatic carbocycles. The number of rotatable bonds is 10. The van der Waals surface area contributed by atoms with Gasteiger partial charge in [0, 0.05) is 18.8 Å². The van der Waals surface area contributed by atoms with Gasteiger partial charge < -0.3 is 10.6 Å². The summed E-state index contributed by atoms with van der Waals surface area (Å²) >= 11 is 1.43. The molecule has 7 nitrogen and oxygen atoms in total. The number of benzene rings is 1. The Balaban J connectivity index is 1.42. The Hall–Kier alpha value is -2.71. The minimum atomic E-state index is -0.532. The zero-order chi connectivity index (χ0) is 27.8. The molecular formula is C31H42N4O3S. The topological polar surface area (TPSA) is 91.4 Å². The van der Waals surface area contributed by atoms with Crippen molar-refractivity contribution in [3.05, 3.63) is 59.3 Å². The van der Waals surface area contributed by atoms with Crippen molar-refractivity contribution in [3.8, 4) is 0 Å². The zero-order valence-corrected chi connectivity index (χ0v) is 24.3. The van der Waals surface area contributed by atoms with Crippen LogP contribution in [0, 0.1) is 11.8 Å². The van der Waals surface area contributed by atoms with E-state index in [0.717, 1.165) is 45.2 Å². The van der Waals surface area contributed by atoms with Gasteiger partial charge >= 0.3 is 0 Å². The molecule has 4 rings (SSSR count). The van der Waals surface area contributed by atoms with E-state index in [1.807, 2.05) is 6.26 Å². The number of aromatic nitrogens is 1. The number of carbonyl (C=O) groups excluding carboxylic acids is 3. The van der Waals surface area contributed by atoms with Gasteiger partial charge in [0.2, 0.25) is 5.91 Å². The maximum absolute atomic E-state index is 13.6. The van der Waals surface area contributed by atoms with Crippen LogP contribution in [0.3, 0.4) is 0 Å². The van der Waals surface area contributed by atoms with Crippen LogP contribution in [-0.4, -0.2) is 58.9 Å². The van der Waals surface area contributed by atoms with E-state index in [-0.39, 0.29) is 35.5 Å². The SMILES string of the molecule is CSc1ncccc1C(=O)N[C@H]1CCCC[C@H]1C(=O)N[C@@H](CC(C)C)C(=O)CN1CCCc2ccccc2C1. The summed E-state index contributed by atoms with van der Waals surface area (Å²) in [6.45, 7) is 6.11. The van der Waals surface area contributed by atoms with Crippen LogP contribution < -0.4 is 10.6 Å². The molecule has 39 heavy (non-hydrogen) atoms. The fourth-order valence-corrected chi connectivity index (χ4v) is 6.39. The lowest BCUT2D eigenvalue weighted by Crippen LogP contribution is -2.53. The highest BCUT2D eigenvalue weighted by Gasteiger charge is 2.35. The lowest BCUT2D eigenvalue weighted by molar-refractivity contribution is -0.132. The van der Waals surface area contributed by atoms with Crippen LogP contribution in [0.25, 0.3) is 0 Å². The predicted octanol–water partition coefficient (Wildman–Crippen LogP) is 4.64. The standard InChI is InChI=1S/C31H42N4O3S/c1-21(2)18-27(28(36)20-35-17-9-12-22-10-4-5-11-23(22)19-35)34-29(37)24-13-6-7-15-26(24)33-30(38)25-14-8-16-32-31(25)39-3/h4-5,8,10-11,14,16,21,24,26-27H,6-7,9,12-13,15,17-20H2,1-3H3,(H,33,38)(H,34,37)/t24-,26+,27+/m1/s1. The molecule has 0 unspecified atom stereocenters. The summed E-state index contributed by atoms with van der Waals surface area (Å²) in [6.07, 6.45) is 9.56. The minimum absolute atomic E-state index is 0.0628. The molecule has 0 bridgehead atoms. The number of ketones is 1. The van der Waals surface area contributed by atoms with Crippen LogP contribution in [0.5, 0.6) is 0 Å². The van der Waals surface area contributed by atoms with E-state index >= 15 is 0 Å². The van der Waals surface area contributed by atoms with Crippen molar-refractivity contribution in [3.63, 3.8) is 0 Å². The van der Waals surface area contributed by atoms with Crippen molar-refractivity contribution in [2.75, 3.05) is 19.3 Å². The Bertz CT molecular complexity index is 1150. The van der Waals surface area contributed by atoms with Crippen molar-refractivity contribution in [1.29, 1.82) is 0 Å². The molecule has 1 aromatic heterocycles. The van der Waals surface area contributed by atoms with Crippen LogP contribution in [0.1, 0.15) is 73.9 Å². The number of hydrogen-bond donors (Lipinski definition) is 2. The van der Waals surface area contributed by atoms with E-state index in [9.17, 15) is 14.4 Å². The molecule has 0 saturated heterocycles. The van der Waals surface area contributed by atoms with Crippen LogP contribution >= 0.6 is 11.8 Å². The first-order valence-corrected chi connectivity index (χ1v) is 15.5. The van der Waals surface area contributed by atoms with Crippen molar-refractivity contribution in [2.24, 2.45) is 11.8 Å². The molecule has 1 saturated carbocycles. The molecule has 2 N–H and O–H groups in total. The van der Waals surface area contributed by atoms with E-state index in [0.29, 0.717) is 30.0 Å². The maximum atomic E-state index is 13.6. The van der Waals surface area contributed by atoms with E-state index < -0.39 is 6.04 Å².